The molecule has 0 aliphatic carbocycles. The molecule has 2 heterocycles. The predicted octanol–water partition coefficient (Wildman–Crippen LogP) is 2.09. The molecule has 2 amide bonds. The number of nitrogens with one attached hydrogen (secondary N) is 3. The van der Waals surface area contributed by atoms with Crippen molar-refractivity contribution < 1.29 is 14.3 Å². The Balaban J connectivity index is 1.35. The van der Waals surface area contributed by atoms with Crippen molar-refractivity contribution in [3.63, 3.8) is 0 Å². The fourth-order valence-electron chi connectivity index (χ4n) is 3.13. The van der Waals surface area contributed by atoms with Gasteiger partial charge in [0.05, 0.1) is 25.3 Å². The van der Waals surface area contributed by atoms with Crippen molar-refractivity contribution in [1.29, 1.82) is 0 Å². The summed E-state index contributed by atoms with van der Waals surface area (Å²) >= 11 is 0. The van der Waals surface area contributed by atoms with Gasteiger partial charge in [-0.1, -0.05) is 18.2 Å². The Bertz CT molecular complexity index is 977. The number of nitrogens with zero attached hydrogens (tertiary/aromatic N) is 2. The summed E-state index contributed by atoms with van der Waals surface area (Å²) in [5.41, 5.74) is 2.47. The number of morpholine rings is 1. The quantitative estimate of drug-likeness (QED) is 0.630. The molecule has 8 heteroatoms. The van der Waals surface area contributed by atoms with Gasteiger partial charge in [0.2, 0.25) is 5.91 Å². The van der Waals surface area contributed by atoms with Crippen molar-refractivity contribution in [3.8, 4) is 0 Å². The van der Waals surface area contributed by atoms with Crippen LogP contribution < -0.4 is 10.6 Å². The smallest absolute Gasteiger partial charge is 0.276 e. The molecule has 0 bridgehead atoms. The zero-order chi connectivity index (χ0) is 19.3. The molecule has 0 saturated carbocycles. The van der Waals surface area contributed by atoms with Gasteiger partial charge in [-0.3, -0.25) is 19.6 Å². The molecule has 4 rings (SSSR count). The molecule has 0 atom stereocenters. The fraction of sp³-hybridized carbons (Fsp3) is 0.250. The number of para-hydroxylation sites is 1. The van der Waals surface area contributed by atoms with Gasteiger partial charge in [-0.25, -0.2) is 0 Å². The highest BCUT2D eigenvalue weighted by atomic mass is 16.5. The minimum absolute atomic E-state index is 0.0679. The molecule has 28 heavy (non-hydrogen) atoms. The first-order chi connectivity index (χ1) is 13.7. The number of carbonyl (C=O) groups excluding carboxylic acids is 2. The topological polar surface area (TPSA) is 99.3 Å². The van der Waals surface area contributed by atoms with E-state index in [0.29, 0.717) is 36.8 Å². The molecule has 1 saturated heterocycles. The molecule has 144 valence electrons. The number of carbonyl (C=O) groups is 2. The van der Waals surface area contributed by atoms with Crippen molar-refractivity contribution in [1.82, 2.24) is 15.1 Å². The molecule has 1 aliphatic heterocycles. The van der Waals surface area contributed by atoms with Gasteiger partial charge in [0.15, 0.2) is 5.69 Å². The van der Waals surface area contributed by atoms with Crippen LogP contribution in [0.3, 0.4) is 0 Å². The third-order valence-electron chi connectivity index (χ3n) is 4.58. The zero-order valence-corrected chi connectivity index (χ0v) is 15.3. The maximum absolute atomic E-state index is 12.5. The minimum atomic E-state index is -0.290. The summed E-state index contributed by atoms with van der Waals surface area (Å²) in [4.78, 5) is 26.7. The lowest BCUT2D eigenvalue weighted by Gasteiger charge is -2.25. The van der Waals surface area contributed by atoms with E-state index in [1.54, 1.807) is 24.3 Å². The summed E-state index contributed by atoms with van der Waals surface area (Å²) in [6.45, 7) is 3.19. The van der Waals surface area contributed by atoms with Crippen molar-refractivity contribution in [3.05, 3.63) is 54.2 Å². The first kappa shape index (κ1) is 18.1. The molecule has 1 fully saturated rings. The number of hydrogen-bond acceptors (Lipinski definition) is 5. The van der Waals surface area contributed by atoms with Crippen molar-refractivity contribution in [2.24, 2.45) is 0 Å². The molecule has 2 aromatic carbocycles. The lowest BCUT2D eigenvalue weighted by molar-refractivity contribution is -0.118. The van der Waals surface area contributed by atoms with Crippen LogP contribution >= 0.6 is 0 Å². The van der Waals surface area contributed by atoms with Crippen molar-refractivity contribution in [2.75, 3.05) is 43.5 Å². The van der Waals surface area contributed by atoms with Crippen LogP contribution in [0.5, 0.6) is 0 Å². The Hall–Kier alpha value is -3.23. The van der Waals surface area contributed by atoms with Crippen LogP contribution in [0.25, 0.3) is 10.9 Å². The minimum Gasteiger partial charge on any atom is -0.379 e. The molecular formula is C20H21N5O3. The highest BCUT2D eigenvalue weighted by Gasteiger charge is 2.15. The predicted molar refractivity (Wildman–Crippen MR) is 106 cm³/mol. The third-order valence-corrected chi connectivity index (χ3v) is 4.58. The normalized spacial score (nSPS) is 14.7. The van der Waals surface area contributed by atoms with Crippen LogP contribution in [-0.4, -0.2) is 59.8 Å². The SMILES string of the molecule is O=C(CN1CCOCC1)Nc1ccc(NC(=O)c2n[nH]c3ccccc23)cc1. The van der Waals surface area contributed by atoms with Crippen molar-refractivity contribution in [2.45, 2.75) is 0 Å². The second kappa shape index (κ2) is 8.20. The summed E-state index contributed by atoms with van der Waals surface area (Å²) in [6.07, 6.45) is 0. The van der Waals surface area contributed by atoms with Gasteiger partial charge in [0.1, 0.15) is 0 Å². The number of ether oxygens (including phenoxy) is 1. The summed E-state index contributed by atoms with van der Waals surface area (Å²) in [5, 5.41) is 13.4. The van der Waals surface area contributed by atoms with Gasteiger partial charge in [-0.2, -0.15) is 5.10 Å². The highest BCUT2D eigenvalue weighted by Crippen LogP contribution is 2.18. The molecule has 3 aromatic rings. The molecule has 0 unspecified atom stereocenters. The lowest BCUT2D eigenvalue weighted by Crippen LogP contribution is -2.41. The molecule has 1 aliphatic rings. The van der Waals surface area contributed by atoms with Gasteiger partial charge >= 0.3 is 0 Å². The van der Waals surface area contributed by atoms with Gasteiger partial charge in [0, 0.05) is 29.9 Å². The van der Waals surface area contributed by atoms with E-state index in [1.165, 1.54) is 0 Å². The maximum Gasteiger partial charge on any atom is 0.276 e. The average molecular weight is 379 g/mol. The van der Waals surface area contributed by atoms with Gasteiger partial charge < -0.3 is 15.4 Å². The van der Waals surface area contributed by atoms with Gasteiger partial charge in [0.25, 0.3) is 5.91 Å². The summed E-state index contributed by atoms with van der Waals surface area (Å²) in [6, 6.07) is 14.5. The van der Waals surface area contributed by atoms with E-state index in [-0.39, 0.29) is 11.8 Å². The summed E-state index contributed by atoms with van der Waals surface area (Å²) in [7, 11) is 0. The number of aromatic amines is 1. The van der Waals surface area contributed by atoms with E-state index in [9.17, 15) is 9.59 Å². The maximum atomic E-state index is 12.5. The van der Waals surface area contributed by atoms with E-state index < -0.39 is 0 Å². The number of H-pyrrole nitrogens is 1. The van der Waals surface area contributed by atoms with Crippen LogP contribution in [0, 0.1) is 0 Å². The molecule has 0 radical (unpaired) electrons. The Morgan fingerprint density at radius 2 is 1.68 bits per heavy atom. The summed E-state index contributed by atoms with van der Waals surface area (Å²) in [5.74, 6) is -0.358. The number of aromatic nitrogens is 2. The lowest BCUT2D eigenvalue weighted by atomic mass is 10.2. The largest absolute Gasteiger partial charge is 0.379 e. The highest BCUT2D eigenvalue weighted by molar-refractivity contribution is 6.11. The molecule has 1 aromatic heterocycles. The van der Waals surface area contributed by atoms with Crippen LogP contribution in [0.15, 0.2) is 48.5 Å². The second-order valence-corrected chi connectivity index (χ2v) is 6.59. The van der Waals surface area contributed by atoms with E-state index in [1.807, 2.05) is 24.3 Å². The number of fused-ring (bicyclic) bond motifs is 1. The first-order valence-electron chi connectivity index (χ1n) is 9.13. The van der Waals surface area contributed by atoms with Crippen LogP contribution in [0.1, 0.15) is 10.5 Å². The average Bonchev–Trinajstić information content (AvgIpc) is 3.14. The summed E-state index contributed by atoms with van der Waals surface area (Å²) < 4.78 is 5.28. The van der Waals surface area contributed by atoms with Crippen LogP contribution in [0.2, 0.25) is 0 Å². The van der Waals surface area contributed by atoms with E-state index in [0.717, 1.165) is 24.0 Å². The molecule has 0 spiro atoms. The molecule has 3 N–H and O–H groups in total. The number of hydrogen-bond donors (Lipinski definition) is 3. The Morgan fingerprint density at radius 3 is 2.43 bits per heavy atom. The third kappa shape index (κ3) is 4.19. The molecular weight excluding hydrogens is 358 g/mol. The number of anilines is 2. The van der Waals surface area contributed by atoms with E-state index in [4.69, 9.17) is 4.74 Å². The number of benzene rings is 2. The Morgan fingerprint density at radius 1 is 1.00 bits per heavy atom. The number of rotatable bonds is 5. The Kier molecular flexibility index (Phi) is 5.31. The molecule has 8 nitrogen and oxygen atoms in total. The number of amides is 2. The standard InChI is InChI=1S/C20H21N5O3/c26-18(13-25-9-11-28-12-10-25)21-14-5-7-15(8-6-14)22-20(27)19-16-3-1-2-4-17(16)23-24-19/h1-8H,9-13H2,(H,21,26)(H,22,27)(H,23,24). The van der Waals surface area contributed by atoms with E-state index in [2.05, 4.69) is 25.7 Å². The Labute approximate surface area is 161 Å². The fourth-order valence-corrected chi connectivity index (χ4v) is 3.13. The second-order valence-electron chi connectivity index (χ2n) is 6.59. The van der Waals surface area contributed by atoms with Crippen molar-refractivity contribution >= 4 is 34.1 Å². The first-order valence-corrected chi connectivity index (χ1v) is 9.13. The monoisotopic (exact) mass is 379 g/mol. The van der Waals surface area contributed by atoms with Crippen LogP contribution in [-0.2, 0) is 9.53 Å². The van der Waals surface area contributed by atoms with Gasteiger partial charge in [-0.15, -0.1) is 0 Å². The zero-order valence-electron chi connectivity index (χ0n) is 15.3. The van der Waals surface area contributed by atoms with Crippen LogP contribution in [0.4, 0.5) is 11.4 Å². The van der Waals surface area contributed by atoms with Gasteiger partial charge in [-0.05, 0) is 30.3 Å². The van der Waals surface area contributed by atoms with E-state index >= 15 is 0 Å².